The molecule has 0 radical (unpaired) electrons. The van der Waals surface area contributed by atoms with Gasteiger partial charge < -0.3 is 5.32 Å². The Bertz CT molecular complexity index is 489. The third kappa shape index (κ3) is 2.53. The average Bonchev–Trinajstić information content (AvgIpc) is 3.02. The topological polar surface area (TPSA) is 46.9 Å². The normalized spacial score (nSPS) is 20.3. The van der Waals surface area contributed by atoms with Crippen LogP contribution in [0.2, 0.25) is 5.02 Å². The van der Waals surface area contributed by atoms with E-state index in [4.69, 9.17) is 11.6 Å². The van der Waals surface area contributed by atoms with Crippen molar-refractivity contribution in [2.75, 3.05) is 5.32 Å². The van der Waals surface area contributed by atoms with E-state index in [2.05, 4.69) is 10.4 Å². The molecule has 1 aromatic heterocycles. The molecule has 0 aliphatic heterocycles. The predicted molar refractivity (Wildman–Crippen MR) is 72.1 cm³/mol. The van der Waals surface area contributed by atoms with Gasteiger partial charge in [-0.3, -0.25) is 4.79 Å². The summed E-state index contributed by atoms with van der Waals surface area (Å²) in [5.41, 5.74) is 0.473. The highest BCUT2D eigenvalue weighted by molar-refractivity contribution is 6.33. The monoisotopic (exact) mass is 267 g/mol. The zero-order valence-electron chi connectivity index (χ0n) is 10.4. The molecule has 2 aliphatic carbocycles. The lowest BCUT2D eigenvalue weighted by Gasteiger charge is -2.15. The summed E-state index contributed by atoms with van der Waals surface area (Å²) in [5, 5.41) is 7.88. The van der Waals surface area contributed by atoms with Crippen molar-refractivity contribution in [2.45, 2.75) is 51.1 Å². The quantitative estimate of drug-likeness (QED) is 0.912. The van der Waals surface area contributed by atoms with E-state index in [1.807, 2.05) is 0 Å². The van der Waals surface area contributed by atoms with Crippen molar-refractivity contribution < 1.29 is 0 Å². The minimum absolute atomic E-state index is 0.0682. The predicted octanol–water partition coefficient (Wildman–Crippen LogP) is 2.66. The van der Waals surface area contributed by atoms with Crippen molar-refractivity contribution in [3.05, 3.63) is 21.6 Å². The van der Waals surface area contributed by atoms with E-state index in [-0.39, 0.29) is 5.56 Å². The van der Waals surface area contributed by atoms with Crippen molar-refractivity contribution in [2.24, 2.45) is 5.92 Å². The molecule has 1 N–H and O–H groups in total. The van der Waals surface area contributed by atoms with E-state index in [1.165, 1.54) is 25.7 Å². The van der Waals surface area contributed by atoms with Gasteiger partial charge in [0.25, 0.3) is 5.56 Å². The van der Waals surface area contributed by atoms with Gasteiger partial charge in [-0.15, -0.1) is 0 Å². The molecule has 2 saturated carbocycles. The summed E-state index contributed by atoms with van der Waals surface area (Å²) in [7, 11) is 0. The average molecular weight is 268 g/mol. The molecule has 0 bridgehead atoms. The molecule has 2 aliphatic rings. The van der Waals surface area contributed by atoms with Crippen LogP contribution in [0.15, 0.2) is 11.0 Å². The van der Waals surface area contributed by atoms with Crippen LogP contribution in [0.3, 0.4) is 0 Å². The van der Waals surface area contributed by atoms with Gasteiger partial charge in [-0.05, 0) is 31.6 Å². The number of anilines is 1. The number of hydrogen-bond donors (Lipinski definition) is 1. The molecule has 98 valence electrons. The molecule has 2 fully saturated rings. The summed E-state index contributed by atoms with van der Waals surface area (Å²) in [4.78, 5) is 12.3. The number of nitrogens with one attached hydrogen (secondary N) is 1. The Morgan fingerprint density at radius 1 is 1.33 bits per heavy atom. The van der Waals surface area contributed by atoms with Crippen molar-refractivity contribution in [1.29, 1.82) is 0 Å². The largest absolute Gasteiger partial charge is 0.377 e. The van der Waals surface area contributed by atoms with Crippen molar-refractivity contribution >= 4 is 17.3 Å². The molecule has 0 atom stereocenters. The fraction of sp³-hybridized carbons (Fsp3) is 0.692. The lowest BCUT2D eigenvalue weighted by molar-refractivity contribution is 0.533. The van der Waals surface area contributed by atoms with E-state index < -0.39 is 0 Å². The van der Waals surface area contributed by atoms with Crippen LogP contribution < -0.4 is 10.9 Å². The molecule has 5 heteroatoms. The van der Waals surface area contributed by atoms with Crippen molar-refractivity contribution in [3.63, 3.8) is 0 Å². The van der Waals surface area contributed by atoms with Gasteiger partial charge in [-0.1, -0.05) is 24.4 Å². The first-order chi connectivity index (χ1) is 8.74. The van der Waals surface area contributed by atoms with Gasteiger partial charge in [0.1, 0.15) is 5.69 Å². The third-order valence-electron chi connectivity index (χ3n) is 3.83. The van der Waals surface area contributed by atoms with Crippen LogP contribution in [0, 0.1) is 5.92 Å². The third-order valence-corrected chi connectivity index (χ3v) is 4.12. The molecule has 0 amide bonds. The summed E-state index contributed by atoms with van der Waals surface area (Å²) < 4.78 is 1.56. The maximum Gasteiger partial charge on any atom is 0.291 e. The molecule has 0 unspecified atom stereocenters. The first kappa shape index (κ1) is 12.0. The SMILES string of the molecule is O=c1c(NC2CCCC2)c(Cl)cnn1CC1CC1. The van der Waals surface area contributed by atoms with E-state index in [0.29, 0.717) is 22.7 Å². The second-order valence-corrected chi connectivity index (χ2v) is 5.83. The van der Waals surface area contributed by atoms with Crippen LogP contribution in [0.5, 0.6) is 0 Å². The molecule has 1 heterocycles. The zero-order valence-corrected chi connectivity index (χ0v) is 11.1. The van der Waals surface area contributed by atoms with Gasteiger partial charge in [-0.2, -0.15) is 5.10 Å². The Morgan fingerprint density at radius 3 is 2.72 bits per heavy atom. The van der Waals surface area contributed by atoms with Crippen LogP contribution in [-0.2, 0) is 6.54 Å². The Morgan fingerprint density at radius 2 is 2.06 bits per heavy atom. The molecular formula is C13H18ClN3O. The van der Waals surface area contributed by atoms with E-state index in [0.717, 1.165) is 19.4 Å². The van der Waals surface area contributed by atoms with E-state index in [1.54, 1.807) is 10.9 Å². The van der Waals surface area contributed by atoms with Gasteiger partial charge in [0.05, 0.1) is 11.2 Å². The minimum Gasteiger partial charge on any atom is -0.377 e. The molecule has 0 spiro atoms. The van der Waals surface area contributed by atoms with Crippen LogP contribution in [0.4, 0.5) is 5.69 Å². The van der Waals surface area contributed by atoms with Crippen molar-refractivity contribution in [1.82, 2.24) is 9.78 Å². The first-order valence-corrected chi connectivity index (χ1v) is 7.14. The van der Waals surface area contributed by atoms with Gasteiger partial charge in [-0.25, -0.2) is 4.68 Å². The fourth-order valence-electron chi connectivity index (χ4n) is 2.55. The molecule has 4 nitrogen and oxygen atoms in total. The lowest BCUT2D eigenvalue weighted by atomic mass is 10.2. The molecule has 0 aromatic carbocycles. The Hall–Kier alpha value is -1.03. The van der Waals surface area contributed by atoms with Crippen LogP contribution in [0.25, 0.3) is 0 Å². The zero-order chi connectivity index (χ0) is 12.5. The van der Waals surface area contributed by atoms with E-state index in [9.17, 15) is 4.79 Å². The second-order valence-electron chi connectivity index (χ2n) is 5.42. The number of halogens is 1. The Balaban J connectivity index is 1.83. The number of aromatic nitrogens is 2. The summed E-state index contributed by atoms with van der Waals surface area (Å²) in [6.07, 6.45) is 8.72. The van der Waals surface area contributed by atoms with E-state index >= 15 is 0 Å². The van der Waals surface area contributed by atoms with Gasteiger partial charge >= 0.3 is 0 Å². The highest BCUT2D eigenvalue weighted by atomic mass is 35.5. The Kier molecular flexibility index (Phi) is 3.29. The maximum absolute atomic E-state index is 12.3. The standard InChI is InChI=1S/C13H18ClN3O/c14-11-7-15-17(8-9-5-6-9)13(18)12(11)16-10-3-1-2-4-10/h7,9-10,16H,1-6,8H2. The van der Waals surface area contributed by atoms with Crippen molar-refractivity contribution in [3.8, 4) is 0 Å². The summed E-state index contributed by atoms with van der Waals surface area (Å²) >= 11 is 6.09. The van der Waals surface area contributed by atoms with Gasteiger partial charge in [0.2, 0.25) is 0 Å². The minimum atomic E-state index is -0.0682. The first-order valence-electron chi connectivity index (χ1n) is 6.76. The lowest BCUT2D eigenvalue weighted by Crippen LogP contribution is -2.29. The highest BCUT2D eigenvalue weighted by Gasteiger charge is 2.24. The molecule has 0 saturated heterocycles. The van der Waals surface area contributed by atoms with Crippen LogP contribution >= 0.6 is 11.6 Å². The van der Waals surface area contributed by atoms with Crippen LogP contribution in [0.1, 0.15) is 38.5 Å². The van der Waals surface area contributed by atoms with Gasteiger partial charge in [0.15, 0.2) is 0 Å². The maximum atomic E-state index is 12.3. The molecular weight excluding hydrogens is 250 g/mol. The van der Waals surface area contributed by atoms with Gasteiger partial charge in [0, 0.05) is 12.6 Å². The summed E-state index contributed by atoms with van der Waals surface area (Å²) in [5.74, 6) is 0.635. The molecule has 3 rings (SSSR count). The number of rotatable bonds is 4. The van der Waals surface area contributed by atoms with Crippen LogP contribution in [-0.4, -0.2) is 15.8 Å². The second kappa shape index (κ2) is 4.92. The summed E-state index contributed by atoms with van der Waals surface area (Å²) in [6.45, 7) is 0.731. The molecule has 1 aromatic rings. The smallest absolute Gasteiger partial charge is 0.291 e. The number of hydrogen-bond acceptors (Lipinski definition) is 3. The summed E-state index contributed by atoms with van der Waals surface area (Å²) in [6, 6.07) is 0.395. The highest BCUT2D eigenvalue weighted by Crippen LogP contribution is 2.30. The number of nitrogens with zero attached hydrogens (tertiary/aromatic N) is 2. The molecule has 18 heavy (non-hydrogen) atoms. The Labute approximate surface area is 111 Å². The fourth-order valence-corrected chi connectivity index (χ4v) is 2.73.